The summed E-state index contributed by atoms with van der Waals surface area (Å²) < 4.78 is 5.26. The molecular weight excluding hydrogens is 392 g/mol. The van der Waals surface area contributed by atoms with Crippen molar-refractivity contribution in [2.45, 2.75) is 26.4 Å². The van der Waals surface area contributed by atoms with Gasteiger partial charge in [0.2, 0.25) is 5.91 Å². The number of nitrogens with one attached hydrogen (secondary N) is 2. The van der Waals surface area contributed by atoms with E-state index in [2.05, 4.69) is 10.6 Å². The van der Waals surface area contributed by atoms with Crippen molar-refractivity contribution in [1.29, 1.82) is 0 Å². The first-order chi connectivity index (χ1) is 14.9. The van der Waals surface area contributed by atoms with Crippen LogP contribution in [0, 0.1) is 6.92 Å². The highest BCUT2D eigenvalue weighted by Gasteiger charge is 2.19. The standard InChI is InChI=1S/C25H24N2O4/c1-17-8-12-22(13-9-17)27-24(29)18(2)31-25(30)20-10-14-21(15-11-20)26-23(28)16-19-6-4-3-5-7-19/h3-15,18H,16H2,1-2H3,(H,26,28)(H,27,29). The summed E-state index contributed by atoms with van der Waals surface area (Å²) in [6, 6.07) is 23.1. The van der Waals surface area contributed by atoms with Crippen LogP contribution in [-0.4, -0.2) is 23.9 Å². The number of anilines is 2. The van der Waals surface area contributed by atoms with E-state index < -0.39 is 18.0 Å². The molecule has 0 bridgehead atoms. The molecule has 0 aliphatic carbocycles. The number of ether oxygens (including phenoxy) is 1. The van der Waals surface area contributed by atoms with Crippen LogP contribution in [0.25, 0.3) is 0 Å². The summed E-state index contributed by atoms with van der Waals surface area (Å²) in [4.78, 5) is 36.7. The number of hydrogen-bond donors (Lipinski definition) is 2. The van der Waals surface area contributed by atoms with Gasteiger partial charge in [-0.05, 0) is 55.8 Å². The topological polar surface area (TPSA) is 84.5 Å². The van der Waals surface area contributed by atoms with Gasteiger partial charge in [-0.3, -0.25) is 9.59 Å². The molecular formula is C25H24N2O4. The average molecular weight is 416 g/mol. The second kappa shape index (κ2) is 10.2. The van der Waals surface area contributed by atoms with Gasteiger partial charge in [0, 0.05) is 11.4 Å². The molecule has 0 radical (unpaired) electrons. The second-order valence-corrected chi connectivity index (χ2v) is 7.19. The lowest BCUT2D eigenvalue weighted by Crippen LogP contribution is -2.30. The number of aryl methyl sites for hydroxylation is 1. The van der Waals surface area contributed by atoms with Crippen LogP contribution in [0.2, 0.25) is 0 Å². The number of carbonyl (C=O) groups excluding carboxylic acids is 3. The summed E-state index contributed by atoms with van der Waals surface area (Å²) in [5.74, 6) is -1.18. The third kappa shape index (κ3) is 6.54. The van der Waals surface area contributed by atoms with Crippen molar-refractivity contribution < 1.29 is 19.1 Å². The van der Waals surface area contributed by atoms with Crippen molar-refractivity contribution in [1.82, 2.24) is 0 Å². The summed E-state index contributed by atoms with van der Waals surface area (Å²) in [6.07, 6.45) is -0.697. The Morgan fingerprint density at radius 1 is 0.806 bits per heavy atom. The van der Waals surface area contributed by atoms with Crippen molar-refractivity contribution >= 4 is 29.2 Å². The maximum atomic E-state index is 12.3. The highest BCUT2D eigenvalue weighted by atomic mass is 16.5. The minimum absolute atomic E-state index is 0.150. The first kappa shape index (κ1) is 21.8. The smallest absolute Gasteiger partial charge is 0.338 e. The van der Waals surface area contributed by atoms with E-state index in [-0.39, 0.29) is 17.9 Å². The van der Waals surface area contributed by atoms with Crippen molar-refractivity contribution in [3.05, 3.63) is 95.6 Å². The number of hydrogen-bond acceptors (Lipinski definition) is 4. The highest BCUT2D eigenvalue weighted by molar-refractivity contribution is 5.98. The lowest BCUT2D eigenvalue weighted by atomic mass is 10.1. The van der Waals surface area contributed by atoms with E-state index in [0.717, 1.165) is 11.1 Å². The largest absolute Gasteiger partial charge is 0.449 e. The Morgan fingerprint density at radius 3 is 2.03 bits per heavy atom. The molecule has 1 atom stereocenters. The maximum Gasteiger partial charge on any atom is 0.338 e. The summed E-state index contributed by atoms with van der Waals surface area (Å²) in [6.45, 7) is 3.47. The van der Waals surface area contributed by atoms with Gasteiger partial charge in [-0.2, -0.15) is 0 Å². The lowest BCUT2D eigenvalue weighted by molar-refractivity contribution is -0.123. The van der Waals surface area contributed by atoms with Gasteiger partial charge in [-0.25, -0.2) is 4.79 Å². The van der Waals surface area contributed by atoms with Gasteiger partial charge < -0.3 is 15.4 Å². The lowest BCUT2D eigenvalue weighted by Gasteiger charge is -2.14. The van der Waals surface area contributed by atoms with E-state index in [1.54, 1.807) is 36.4 Å². The Kier molecular flexibility index (Phi) is 7.17. The quantitative estimate of drug-likeness (QED) is 0.561. The minimum atomic E-state index is -0.959. The minimum Gasteiger partial charge on any atom is -0.449 e. The SMILES string of the molecule is Cc1ccc(NC(=O)C(C)OC(=O)c2ccc(NC(=O)Cc3ccccc3)cc2)cc1. The maximum absolute atomic E-state index is 12.3. The van der Waals surface area contributed by atoms with Crippen LogP contribution in [-0.2, 0) is 20.7 Å². The van der Waals surface area contributed by atoms with Gasteiger partial charge >= 0.3 is 5.97 Å². The van der Waals surface area contributed by atoms with Gasteiger partial charge in [-0.15, -0.1) is 0 Å². The van der Waals surface area contributed by atoms with E-state index in [1.165, 1.54) is 6.92 Å². The van der Waals surface area contributed by atoms with Gasteiger partial charge in [0.15, 0.2) is 6.10 Å². The van der Waals surface area contributed by atoms with E-state index in [0.29, 0.717) is 11.4 Å². The summed E-state index contributed by atoms with van der Waals surface area (Å²) in [5.41, 5.74) is 3.49. The Balaban J connectivity index is 1.51. The van der Waals surface area contributed by atoms with Crippen LogP contribution in [0.15, 0.2) is 78.9 Å². The fourth-order valence-corrected chi connectivity index (χ4v) is 2.84. The third-order valence-corrected chi connectivity index (χ3v) is 4.58. The average Bonchev–Trinajstić information content (AvgIpc) is 2.76. The molecule has 1 unspecified atom stereocenters. The molecule has 0 fully saturated rings. The van der Waals surface area contributed by atoms with Crippen molar-refractivity contribution in [2.24, 2.45) is 0 Å². The first-order valence-electron chi connectivity index (χ1n) is 9.93. The van der Waals surface area contributed by atoms with E-state index in [9.17, 15) is 14.4 Å². The van der Waals surface area contributed by atoms with Crippen LogP contribution in [0.4, 0.5) is 11.4 Å². The van der Waals surface area contributed by atoms with Gasteiger partial charge in [0.1, 0.15) is 0 Å². The fraction of sp³-hybridized carbons (Fsp3) is 0.160. The monoisotopic (exact) mass is 416 g/mol. The molecule has 158 valence electrons. The predicted octanol–water partition coefficient (Wildman–Crippen LogP) is 4.36. The summed E-state index contributed by atoms with van der Waals surface area (Å²) >= 11 is 0. The Morgan fingerprint density at radius 2 is 1.39 bits per heavy atom. The van der Waals surface area contributed by atoms with Crippen LogP contribution >= 0.6 is 0 Å². The second-order valence-electron chi connectivity index (χ2n) is 7.19. The summed E-state index contributed by atoms with van der Waals surface area (Å²) in [7, 11) is 0. The van der Waals surface area contributed by atoms with Gasteiger partial charge in [0.25, 0.3) is 5.91 Å². The molecule has 2 amide bonds. The van der Waals surface area contributed by atoms with Crippen molar-refractivity contribution in [3.8, 4) is 0 Å². The molecule has 0 aromatic heterocycles. The number of carbonyl (C=O) groups is 3. The molecule has 3 aromatic carbocycles. The highest BCUT2D eigenvalue weighted by Crippen LogP contribution is 2.14. The third-order valence-electron chi connectivity index (χ3n) is 4.58. The Labute approximate surface area is 181 Å². The molecule has 0 saturated heterocycles. The molecule has 3 aromatic rings. The van der Waals surface area contributed by atoms with Crippen LogP contribution in [0.5, 0.6) is 0 Å². The van der Waals surface area contributed by atoms with E-state index in [4.69, 9.17) is 4.74 Å². The molecule has 0 saturated carbocycles. The molecule has 6 heteroatoms. The molecule has 0 spiro atoms. The molecule has 3 rings (SSSR count). The van der Waals surface area contributed by atoms with Gasteiger partial charge in [-0.1, -0.05) is 48.0 Å². The first-order valence-corrected chi connectivity index (χ1v) is 9.93. The molecule has 6 nitrogen and oxygen atoms in total. The van der Waals surface area contributed by atoms with Crippen LogP contribution in [0.1, 0.15) is 28.4 Å². The molecule has 0 aliphatic heterocycles. The zero-order valence-electron chi connectivity index (χ0n) is 17.4. The Bertz CT molecular complexity index is 1050. The predicted molar refractivity (Wildman–Crippen MR) is 120 cm³/mol. The van der Waals surface area contributed by atoms with Crippen molar-refractivity contribution in [3.63, 3.8) is 0 Å². The number of esters is 1. The molecule has 2 N–H and O–H groups in total. The number of rotatable bonds is 7. The molecule has 0 heterocycles. The van der Waals surface area contributed by atoms with Crippen LogP contribution in [0.3, 0.4) is 0 Å². The molecule has 31 heavy (non-hydrogen) atoms. The molecule has 0 aliphatic rings. The van der Waals surface area contributed by atoms with E-state index >= 15 is 0 Å². The fourth-order valence-electron chi connectivity index (χ4n) is 2.84. The zero-order valence-corrected chi connectivity index (χ0v) is 17.4. The van der Waals surface area contributed by atoms with E-state index in [1.807, 2.05) is 49.4 Å². The zero-order chi connectivity index (χ0) is 22.2. The van der Waals surface area contributed by atoms with Gasteiger partial charge in [0.05, 0.1) is 12.0 Å². The van der Waals surface area contributed by atoms with Crippen molar-refractivity contribution in [2.75, 3.05) is 10.6 Å². The number of amides is 2. The van der Waals surface area contributed by atoms with Crippen LogP contribution < -0.4 is 10.6 Å². The summed E-state index contributed by atoms with van der Waals surface area (Å²) in [5, 5.41) is 5.50. The number of benzene rings is 3. The Hall–Kier alpha value is -3.93. The normalized spacial score (nSPS) is 11.3.